The maximum atomic E-state index is 2.53. The van der Waals surface area contributed by atoms with Crippen molar-refractivity contribution in [3.8, 4) is 0 Å². The zero-order chi connectivity index (χ0) is 25.3. The van der Waals surface area contributed by atoms with Gasteiger partial charge in [0.2, 0.25) is 0 Å². The van der Waals surface area contributed by atoms with Gasteiger partial charge < -0.3 is 9.62 Å². The van der Waals surface area contributed by atoms with E-state index >= 15 is 0 Å². The van der Waals surface area contributed by atoms with Gasteiger partial charge in [0, 0.05) is 23.8 Å². The Morgan fingerprint density at radius 3 is 1.11 bits per heavy atom. The highest BCUT2D eigenvalue weighted by Crippen LogP contribution is 2.42. The van der Waals surface area contributed by atoms with Crippen LogP contribution in [0.15, 0.2) is 79.1 Å². The fraction of sp³-hybridized carbons (Fsp3) is 0.375. The molecule has 0 saturated carbocycles. The van der Waals surface area contributed by atoms with Gasteiger partial charge in [0.15, 0.2) is 0 Å². The monoisotopic (exact) mass is 464 g/mol. The van der Waals surface area contributed by atoms with Crippen LogP contribution in [0.3, 0.4) is 0 Å². The van der Waals surface area contributed by atoms with E-state index in [1.54, 1.807) is 0 Å². The minimum atomic E-state index is 0.0611. The smallest absolute Gasteiger partial charge is 0.366 e. The quantitative estimate of drug-likeness (QED) is 0.324. The molecule has 1 aliphatic heterocycles. The lowest BCUT2D eigenvalue weighted by molar-refractivity contribution is 0.832. The Morgan fingerprint density at radius 1 is 0.457 bits per heavy atom. The maximum Gasteiger partial charge on any atom is 0.419 e. The molecule has 0 aromatic heterocycles. The van der Waals surface area contributed by atoms with Gasteiger partial charge in [-0.05, 0) is 51.4 Å². The Labute approximate surface area is 213 Å². The Bertz CT molecular complexity index is 1050. The lowest BCUT2D eigenvalue weighted by Crippen LogP contribution is -2.54. The van der Waals surface area contributed by atoms with Crippen molar-refractivity contribution >= 4 is 23.8 Å². The molecule has 0 N–H and O–H groups in total. The summed E-state index contributed by atoms with van der Waals surface area (Å²) in [7, 11) is 0. The number of nitrogens with zero attached hydrogens (tertiary/aromatic N) is 2. The fourth-order valence-electron chi connectivity index (χ4n) is 5.40. The van der Waals surface area contributed by atoms with E-state index in [0.717, 1.165) is 0 Å². The summed E-state index contributed by atoms with van der Waals surface area (Å²) in [5.41, 5.74) is 9.65. The molecule has 0 fully saturated rings. The van der Waals surface area contributed by atoms with Crippen LogP contribution < -0.4 is 15.1 Å². The molecule has 0 aliphatic carbocycles. The summed E-state index contributed by atoms with van der Waals surface area (Å²) in [6.07, 6.45) is 4.62. The number of benzene rings is 3. The molecule has 3 heteroatoms. The summed E-state index contributed by atoms with van der Waals surface area (Å²) >= 11 is 0. The van der Waals surface area contributed by atoms with Gasteiger partial charge in [-0.1, -0.05) is 122 Å². The highest BCUT2D eigenvalue weighted by atomic mass is 15.3. The minimum absolute atomic E-state index is 0.0611. The van der Waals surface area contributed by atoms with Crippen molar-refractivity contribution in [2.24, 2.45) is 0 Å². The molecule has 1 aliphatic rings. The van der Waals surface area contributed by atoms with Crippen LogP contribution in [0, 0.1) is 0 Å². The van der Waals surface area contributed by atoms with E-state index < -0.39 is 0 Å². The van der Waals surface area contributed by atoms with Gasteiger partial charge in [-0.2, -0.15) is 0 Å². The molecule has 4 rings (SSSR count). The summed E-state index contributed by atoms with van der Waals surface area (Å²) < 4.78 is 0. The van der Waals surface area contributed by atoms with Crippen LogP contribution in [0.2, 0.25) is 0 Å². The van der Waals surface area contributed by atoms with Crippen molar-refractivity contribution in [1.29, 1.82) is 0 Å². The zero-order valence-electron chi connectivity index (χ0n) is 22.8. The standard InChI is InChI=1S/C32H41BN2/c1-22(2)27-16-12-17-28(23(3)4)31(27)34-20-21-35(33(34)26-14-10-9-11-15-26)32-29(24(5)6)18-13-19-30(32)25(7)8/h9-25H,1-8H3. The largest absolute Gasteiger partial charge is 0.419 e. The van der Waals surface area contributed by atoms with Crippen LogP contribution in [-0.4, -0.2) is 6.98 Å². The summed E-state index contributed by atoms with van der Waals surface area (Å²) in [5, 5.41) is 0. The second-order valence-corrected chi connectivity index (χ2v) is 11.1. The topological polar surface area (TPSA) is 6.48 Å². The first-order valence-electron chi connectivity index (χ1n) is 13.3. The molecular weight excluding hydrogens is 423 g/mol. The third kappa shape index (κ3) is 4.78. The Hall–Kier alpha value is -2.94. The molecule has 1 heterocycles. The molecule has 0 radical (unpaired) electrons. The predicted octanol–water partition coefficient (Wildman–Crippen LogP) is 8.37. The number of hydrogen-bond donors (Lipinski definition) is 0. The van der Waals surface area contributed by atoms with Crippen molar-refractivity contribution < 1.29 is 0 Å². The van der Waals surface area contributed by atoms with Gasteiger partial charge in [0.25, 0.3) is 0 Å². The van der Waals surface area contributed by atoms with Crippen molar-refractivity contribution in [1.82, 2.24) is 0 Å². The highest BCUT2D eigenvalue weighted by molar-refractivity contribution is 6.81. The zero-order valence-corrected chi connectivity index (χ0v) is 22.8. The number of hydrogen-bond acceptors (Lipinski definition) is 2. The lowest BCUT2D eigenvalue weighted by Gasteiger charge is -2.36. The summed E-state index contributed by atoms with van der Waals surface area (Å²) in [5.74, 6) is 1.77. The number of rotatable bonds is 7. The molecule has 2 nitrogen and oxygen atoms in total. The fourth-order valence-corrected chi connectivity index (χ4v) is 5.40. The molecule has 0 spiro atoms. The van der Waals surface area contributed by atoms with E-state index in [-0.39, 0.29) is 6.98 Å². The van der Waals surface area contributed by atoms with Gasteiger partial charge >= 0.3 is 6.98 Å². The average molecular weight is 465 g/mol. The highest BCUT2D eigenvalue weighted by Gasteiger charge is 2.40. The van der Waals surface area contributed by atoms with Gasteiger partial charge in [-0.15, -0.1) is 0 Å². The first kappa shape index (κ1) is 25.2. The Kier molecular flexibility index (Phi) is 7.45. The first-order valence-corrected chi connectivity index (χ1v) is 13.3. The van der Waals surface area contributed by atoms with E-state index in [0.29, 0.717) is 23.7 Å². The van der Waals surface area contributed by atoms with Crippen molar-refractivity contribution in [2.75, 3.05) is 9.62 Å². The molecule has 3 aromatic carbocycles. The molecule has 3 aromatic rings. The number of para-hydroxylation sites is 2. The van der Waals surface area contributed by atoms with Crippen LogP contribution in [0.5, 0.6) is 0 Å². The molecule has 182 valence electrons. The van der Waals surface area contributed by atoms with Crippen LogP contribution in [-0.2, 0) is 0 Å². The SMILES string of the molecule is CC(C)c1cccc(C(C)C)c1N1C=CN(c2c(C(C)C)cccc2C(C)C)B1c1ccccc1. The summed E-state index contributed by atoms with van der Waals surface area (Å²) in [6, 6.07) is 24.7. The van der Waals surface area contributed by atoms with Gasteiger partial charge in [0.1, 0.15) is 0 Å². The van der Waals surface area contributed by atoms with Crippen LogP contribution >= 0.6 is 0 Å². The van der Waals surface area contributed by atoms with Crippen molar-refractivity contribution in [2.45, 2.75) is 79.1 Å². The number of anilines is 2. The van der Waals surface area contributed by atoms with Crippen molar-refractivity contribution in [3.63, 3.8) is 0 Å². The van der Waals surface area contributed by atoms with E-state index in [2.05, 4.69) is 144 Å². The lowest BCUT2D eigenvalue weighted by atomic mass is 9.63. The normalized spacial score (nSPS) is 13.9. The van der Waals surface area contributed by atoms with Gasteiger partial charge in [-0.25, -0.2) is 0 Å². The third-order valence-corrected chi connectivity index (χ3v) is 7.21. The molecule has 0 amide bonds. The Balaban J connectivity index is 1.98. The van der Waals surface area contributed by atoms with Gasteiger partial charge in [0.05, 0.1) is 0 Å². The Morgan fingerprint density at radius 2 is 0.800 bits per heavy atom. The summed E-state index contributed by atoms with van der Waals surface area (Å²) in [6.45, 7) is 18.5. The maximum absolute atomic E-state index is 2.53. The van der Waals surface area contributed by atoms with Gasteiger partial charge in [-0.3, -0.25) is 0 Å². The average Bonchev–Trinajstić information content (AvgIpc) is 3.27. The van der Waals surface area contributed by atoms with Crippen LogP contribution in [0.4, 0.5) is 11.4 Å². The van der Waals surface area contributed by atoms with E-state index in [1.165, 1.54) is 39.1 Å². The molecular formula is C32H41BN2. The minimum Gasteiger partial charge on any atom is -0.366 e. The molecule has 0 bridgehead atoms. The van der Waals surface area contributed by atoms with E-state index in [9.17, 15) is 0 Å². The first-order chi connectivity index (χ1) is 16.7. The molecule has 0 unspecified atom stereocenters. The second-order valence-electron chi connectivity index (χ2n) is 11.1. The molecule has 0 saturated heterocycles. The van der Waals surface area contributed by atoms with Crippen molar-refractivity contribution in [3.05, 3.63) is 101 Å². The van der Waals surface area contributed by atoms with E-state index in [1.807, 2.05) is 0 Å². The van der Waals surface area contributed by atoms with Crippen LogP contribution in [0.25, 0.3) is 0 Å². The van der Waals surface area contributed by atoms with E-state index in [4.69, 9.17) is 0 Å². The summed E-state index contributed by atoms with van der Waals surface area (Å²) in [4.78, 5) is 5.06. The predicted molar refractivity (Wildman–Crippen MR) is 155 cm³/mol. The molecule has 0 atom stereocenters. The second kappa shape index (κ2) is 10.4. The molecule has 35 heavy (non-hydrogen) atoms. The van der Waals surface area contributed by atoms with Crippen LogP contribution in [0.1, 0.15) is 101 Å². The third-order valence-electron chi connectivity index (χ3n) is 7.21.